The zero-order valence-electron chi connectivity index (χ0n) is 7.30. The molecule has 72 valence electrons. The van der Waals surface area contributed by atoms with E-state index >= 15 is 0 Å². The third-order valence-corrected chi connectivity index (χ3v) is 3.60. The van der Waals surface area contributed by atoms with Gasteiger partial charge >= 0.3 is 0 Å². The van der Waals surface area contributed by atoms with Gasteiger partial charge in [0.25, 0.3) is 0 Å². The molecule has 0 amide bonds. The van der Waals surface area contributed by atoms with E-state index < -0.39 is 0 Å². The van der Waals surface area contributed by atoms with Gasteiger partial charge in [-0.25, -0.2) is 0 Å². The highest BCUT2D eigenvalue weighted by Gasteiger charge is 2.20. The second-order valence-electron chi connectivity index (χ2n) is 3.33. The number of piperidine rings is 1. The zero-order chi connectivity index (χ0) is 8.97. The highest BCUT2D eigenvalue weighted by Crippen LogP contribution is 2.21. The van der Waals surface area contributed by atoms with Crippen molar-refractivity contribution in [2.45, 2.75) is 23.8 Å². The molecule has 0 aromatic carbocycles. The molecule has 1 saturated heterocycles. The molecule has 0 N–H and O–H groups in total. The predicted molar refractivity (Wildman–Crippen MR) is 67.8 cm³/mol. The standard InChI is InChI=1S/C8H15I2NO/c1-7(9)11-4-2-8(3-5-11)6-12-10/h7-8H,2-6H2,1H3. The molecule has 0 bridgehead atoms. The molecule has 0 radical (unpaired) electrons. The van der Waals surface area contributed by atoms with E-state index in [9.17, 15) is 0 Å². The maximum absolute atomic E-state index is 5.13. The van der Waals surface area contributed by atoms with Gasteiger partial charge in [0.05, 0.1) is 10.7 Å². The molecule has 0 aromatic rings. The second-order valence-corrected chi connectivity index (χ2v) is 5.75. The van der Waals surface area contributed by atoms with Crippen molar-refractivity contribution in [3.8, 4) is 0 Å². The van der Waals surface area contributed by atoms with Gasteiger partial charge in [0.2, 0.25) is 0 Å². The van der Waals surface area contributed by atoms with Crippen LogP contribution in [0.2, 0.25) is 0 Å². The fraction of sp³-hybridized carbons (Fsp3) is 1.00. The molecule has 1 heterocycles. The van der Waals surface area contributed by atoms with Crippen LogP contribution in [0.1, 0.15) is 19.8 Å². The first-order valence-electron chi connectivity index (χ1n) is 4.35. The summed E-state index contributed by atoms with van der Waals surface area (Å²) in [6.45, 7) is 5.68. The Hall–Kier alpha value is 1.38. The Bertz CT molecular complexity index is 124. The van der Waals surface area contributed by atoms with Crippen molar-refractivity contribution in [1.82, 2.24) is 4.90 Å². The molecule has 1 atom stereocenters. The molecule has 1 aliphatic rings. The normalized spacial score (nSPS) is 24.2. The van der Waals surface area contributed by atoms with Crippen molar-refractivity contribution < 1.29 is 3.07 Å². The lowest BCUT2D eigenvalue weighted by Gasteiger charge is -2.33. The molecule has 0 saturated carbocycles. The lowest BCUT2D eigenvalue weighted by atomic mass is 9.98. The summed E-state index contributed by atoms with van der Waals surface area (Å²) in [5.74, 6) is 0.799. The fourth-order valence-corrected chi connectivity index (χ4v) is 2.63. The highest BCUT2D eigenvalue weighted by atomic mass is 127. The van der Waals surface area contributed by atoms with E-state index in [1.165, 1.54) is 25.9 Å². The van der Waals surface area contributed by atoms with Crippen LogP contribution in [0.4, 0.5) is 0 Å². The quantitative estimate of drug-likeness (QED) is 0.414. The molecule has 1 rings (SSSR count). The third kappa shape index (κ3) is 3.63. The summed E-state index contributed by atoms with van der Waals surface area (Å²) in [6.07, 6.45) is 2.60. The molecule has 1 aliphatic heterocycles. The van der Waals surface area contributed by atoms with Gasteiger partial charge in [-0.15, -0.1) is 0 Å². The molecule has 1 fully saturated rings. The predicted octanol–water partition coefficient (Wildman–Crippen LogP) is 2.85. The van der Waals surface area contributed by atoms with Crippen molar-refractivity contribution in [2.24, 2.45) is 5.92 Å². The summed E-state index contributed by atoms with van der Waals surface area (Å²) in [5.41, 5.74) is 0. The van der Waals surface area contributed by atoms with Crippen LogP contribution in [0.5, 0.6) is 0 Å². The van der Waals surface area contributed by atoms with Crippen molar-refractivity contribution in [3.05, 3.63) is 0 Å². The van der Waals surface area contributed by atoms with Gasteiger partial charge in [0.15, 0.2) is 0 Å². The summed E-state index contributed by atoms with van der Waals surface area (Å²) in [4.78, 5) is 2.53. The average molecular weight is 395 g/mol. The van der Waals surface area contributed by atoms with Crippen LogP contribution in [-0.4, -0.2) is 28.6 Å². The molecule has 4 heteroatoms. The SMILES string of the molecule is CC(I)N1CCC(COI)CC1. The number of halogens is 2. The largest absolute Gasteiger partial charge is 0.316 e. The van der Waals surface area contributed by atoms with E-state index in [0.717, 1.165) is 12.5 Å². The minimum atomic E-state index is 0.684. The lowest BCUT2D eigenvalue weighted by Crippen LogP contribution is -2.37. The van der Waals surface area contributed by atoms with Crippen LogP contribution in [0.25, 0.3) is 0 Å². The van der Waals surface area contributed by atoms with E-state index in [2.05, 4.69) is 34.4 Å². The molecule has 12 heavy (non-hydrogen) atoms. The molecular weight excluding hydrogens is 380 g/mol. The molecule has 2 nitrogen and oxygen atoms in total. The Labute approximate surface area is 102 Å². The van der Waals surface area contributed by atoms with Gasteiger partial charge < -0.3 is 3.07 Å². The van der Waals surface area contributed by atoms with Gasteiger partial charge in [-0.05, 0) is 38.8 Å². The molecule has 1 unspecified atom stereocenters. The van der Waals surface area contributed by atoms with E-state index in [1.807, 2.05) is 23.0 Å². The van der Waals surface area contributed by atoms with Gasteiger partial charge in [-0.1, -0.05) is 22.6 Å². The topological polar surface area (TPSA) is 12.5 Å². The Balaban J connectivity index is 2.20. The first-order chi connectivity index (χ1) is 5.74. The first kappa shape index (κ1) is 11.5. The summed E-state index contributed by atoms with van der Waals surface area (Å²) < 4.78 is 5.81. The van der Waals surface area contributed by atoms with E-state index in [4.69, 9.17) is 3.07 Å². The van der Waals surface area contributed by atoms with Crippen LogP contribution < -0.4 is 0 Å². The van der Waals surface area contributed by atoms with Gasteiger partial charge in [-0.2, -0.15) is 0 Å². The summed E-state index contributed by atoms with van der Waals surface area (Å²) in [5, 5.41) is 0. The molecular formula is C8H15I2NO. The second kappa shape index (κ2) is 5.98. The number of likely N-dealkylation sites (tertiary alicyclic amines) is 1. The monoisotopic (exact) mass is 395 g/mol. The van der Waals surface area contributed by atoms with Crippen LogP contribution in [-0.2, 0) is 3.07 Å². The molecule has 0 aliphatic carbocycles. The number of rotatable bonds is 3. The maximum atomic E-state index is 5.13. The molecule has 0 spiro atoms. The van der Waals surface area contributed by atoms with E-state index in [0.29, 0.717) is 4.05 Å². The van der Waals surface area contributed by atoms with Crippen LogP contribution in [0.15, 0.2) is 0 Å². The minimum Gasteiger partial charge on any atom is -0.316 e. The summed E-state index contributed by atoms with van der Waals surface area (Å²) in [6, 6.07) is 0. The van der Waals surface area contributed by atoms with Crippen molar-refractivity contribution >= 4 is 45.6 Å². The van der Waals surface area contributed by atoms with Gasteiger partial charge in [-0.3, -0.25) is 4.90 Å². The maximum Gasteiger partial charge on any atom is 0.109 e. The Morgan fingerprint density at radius 3 is 2.50 bits per heavy atom. The number of hydrogen-bond donors (Lipinski definition) is 0. The van der Waals surface area contributed by atoms with Gasteiger partial charge in [0.1, 0.15) is 23.0 Å². The fourth-order valence-electron chi connectivity index (χ4n) is 1.56. The Kier molecular flexibility index (Phi) is 5.70. The summed E-state index contributed by atoms with van der Waals surface area (Å²) in [7, 11) is 0. The van der Waals surface area contributed by atoms with Crippen LogP contribution >= 0.6 is 45.6 Å². The average Bonchev–Trinajstić information content (AvgIpc) is 2.06. The first-order valence-corrected chi connectivity index (χ1v) is 6.48. The van der Waals surface area contributed by atoms with E-state index in [1.54, 1.807) is 0 Å². The summed E-state index contributed by atoms with van der Waals surface area (Å²) >= 11 is 4.48. The van der Waals surface area contributed by atoms with Crippen molar-refractivity contribution in [2.75, 3.05) is 19.7 Å². The highest BCUT2D eigenvalue weighted by molar-refractivity contribution is 14.1. The van der Waals surface area contributed by atoms with Crippen LogP contribution in [0.3, 0.4) is 0 Å². The van der Waals surface area contributed by atoms with E-state index in [-0.39, 0.29) is 0 Å². The number of alkyl halides is 1. The van der Waals surface area contributed by atoms with Crippen molar-refractivity contribution in [3.63, 3.8) is 0 Å². The van der Waals surface area contributed by atoms with Crippen molar-refractivity contribution in [1.29, 1.82) is 0 Å². The smallest absolute Gasteiger partial charge is 0.109 e. The molecule has 0 aromatic heterocycles. The van der Waals surface area contributed by atoms with Crippen LogP contribution in [0, 0.1) is 5.92 Å². The number of nitrogens with zero attached hydrogens (tertiary/aromatic N) is 1. The zero-order valence-corrected chi connectivity index (χ0v) is 11.6. The Morgan fingerprint density at radius 1 is 1.50 bits per heavy atom. The Morgan fingerprint density at radius 2 is 2.08 bits per heavy atom. The third-order valence-electron chi connectivity index (χ3n) is 2.45. The lowest BCUT2D eigenvalue weighted by molar-refractivity contribution is 0.158. The van der Waals surface area contributed by atoms with Gasteiger partial charge in [0, 0.05) is 0 Å². The number of hydrogen-bond acceptors (Lipinski definition) is 2. The minimum absolute atomic E-state index is 0.684.